The summed E-state index contributed by atoms with van der Waals surface area (Å²) >= 11 is 0. The Kier molecular flexibility index (Phi) is 4.70. The first-order chi connectivity index (χ1) is 15.0. The van der Waals surface area contributed by atoms with Gasteiger partial charge in [-0.15, -0.1) is 0 Å². The zero-order valence-corrected chi connectivity index (χ0v) is 17.4. The summed E-state index contributed by atoms with van der Waals surface area (Å²) in [5.74, 6) is 0.552. The van der Waals surface area contributed by atoms with Crippen molar-refractivity contribution in [3.8, 4) is 0 Å². The summed E-state index contributed by atoms with van der Waals surface area (Å²) in [4.78, 5) is 29.5. The van der Waals surface area contributed by atoms with Crippen LogP contribution in [0.2, 0.25) is 0 Å². The number of amides is 1. The number of nitrogens with zero attached hydrogens (tertiary/aromatic N) is 2. The van der Waals surface area contributed by atoms with E-state index < -0.39 is 0 Å². The maximum Gasteiger partial charge on any atom is 0.251 e. The van der Waals surface area contributed by atoms with Crippen LogP contribution in [0, 0.1) is 0 Å². The normalized spacial score (nSPS) is 13.5. The monoisotopic (exact) mass is 412 g/mol. The van der Waals surface area contributed by atoms with E-state index >= 15 is 0 Å². The second kappa shape index (κ2) is 7.54. The van der Waals surface area contributed by atoms with Gasteiger partial charge < -0.3 is 15.6 Å². The minimum Gasteiger partial charge on any atom is -0.384 e. The van der Waals surface area contributed by atoms with Gasteiger partial charge in [0.2, 0.25) is 0 Å². The predicted molar refractivity (Wildman–Crippen MR) is 122 cm³/mol. The molecule has 0 unspecified atom stereocenters. The Morgan fingerprint density at radius 2 is 2.00 bits per heavy atom. The zero-order valence-electron chi connectivity index (χ0n) is 17.4. The van der Waals surface area contributed by atoms with Crippen molar-refractivity contribution in [3.63, 3.8) is 0 Å². The lowest BCUT2D eigenvalue weighted by Crippen LogP contribution is -2.22. The first-order valence-electron chi connectivity index (χ1n) is 10.7. The molecule has 2 aromatic heterocycles. The van der Waals surface area contributed by atoms with Crippen LogP contribution in [0.25, 0.3) is 21.7 Å². The van der Waals surface area contributed by atoms with E-state index in [4.69, 9.17) is 5.73 Å². The number of nitrogen functional groups attached to an aromatic ring is 1. The maximum absolute atomic E-state index is 12.9. The second-order valence-electron chi connectivity index (χ2n) is 8.05. The number of benzene rings is 2. The highest BCUT2D eigenvalue weighted by molar-refractivity contribution is 6.06. The summed E-state index contributed by atoms with van der Waals surface area (Å²) < 4.78 is 2.09. The van der Waals surface area contributed by atoms with Crippen LogP contribution in [0.4, 0.5) is 5.82 Å². The molecule has 1 amide bonds. The molecule has 0 spiro atoms. The van der Waals surface area contributed by atoms with E-state index in [-0.39, 0.29) is 11.7 Å². The Bertz CT molecular complexity index is 1350. The smallest absolute Gasteiger partial charge is 0.251 e. The topological polar surface area (TPSA) is 90.0 Å². The van der Waals surface area contributed by atoms with Gasteiger partial charge in [0.15, 0.2) is 5.78 Å². The number of carbonyl (C=O) groups is 2. The van der Waals surface area contributed by atoms with Gasteiger partial charge in [-0.3, -0.25) is 9.59 Å². The van der Waals surface area contributed by atoms with E-state index in [1.807, 2.05) is 42.5 Å². The van der Waals surface area contributed by atoms with E-state index in [0.29, 0.717) is 24.3 Å². The largest absolute Gasteiger partial charge is 0.384 e. The molecule has 6 heteroatoms. The minimum atomic E-state index is -0.128. The van der Waals surface area contributed by atoms with Crippen LogP contribution >= 0.6 is 0 Å². The molecule has 0 radical (unpaired) electrons. The van der Waals surface area contributed by atoms with Crippen molar-refractivity contribution in [1.29, 1.82) is 0 Å². The van der Waals surface area contributed by atoms with Crippen LogP contribution in [0.15, 0.2) is 48.7 Å². The molecule has 0 atom stereocenters. The molecule has 1 aliphatic carbocycles. The molecular weight excluding hydrogens is 388 g/mol. The fraction of sp³-hybridized carbons (Fsp3) is 0.240. The molecule has 2 heterocycles. The van der Waals surface area contributed by atoms with Crippen molar-refractivity contribution in [1.82, 2.24) is 14.9 Å². The third-order valence-electron chi connectivity index (χ3n) is 6.10. The number of carbonyl (C=O) groups excluding carboxylic acids is 2. The molecule has 0 saturated carbocycles. The number of fused-ring (bicyclic) bond motifs is 4. The molecule has 0 bridgehead atoms. The van der Waals surface area contributed by atoms with Crippen LogP contribution in [-0.4, -0.2) is 21.2 Å². The molecule has 0 saturated heterocycles. The lowest BCUT2D eigenvalue weighted by atomic mass is 9.94. The molecule has 3 N–H and O–H groups in total. The molecule has 4 aromatic rings. The average molecular weight is 412 g/mol. The van der Waals surface area contributed by atoms with Crippen molar-refractivity contribution < 1.29 is 9.59 Å². The predicted octanol–water partition coefficient (Wildman–Crippen LogP) is 4.24. The van der Waals surface area contributed by atoms with Gasteiger partial charge >= 0.3 is 0 Å². The van der Waals surface area contributed by atoms with Gasteiger partial charge in [0.25, 0.3) is 5.91 Å². The SMILES string of the molecule is CCn1c2c(c3cc(C(=O)NCc4ccc5cnc(N)cc5c4)ccc31)CCCC2=O. The second-order valence-corrected chi connectivity index (χ2v) is 8.05. The fourth-order valence-electron chi connectivity index (χ4n) is 4.61. The number of aryl methyl sites for hydroxylation is 2. The van der Waals surface area contributed by atoms with Crippen molar-refractivity contribution >= 4 is 39.2 Å². The molecule has 2 aromatic carbocycles. The molecule has 31 heavy (non-hydrogen) atoms. The number of aromatic nitrogens is 2. The highest BCUT2D eigenvalue weighted by atomic mass is 16.1. The van der Waals surface area contributed by atoms with Gasteiger partial charge in [-0.25, -0.2) is 4.98 Å². The summed E-state index contributed by atoms with van der Waals surface area (Å²) in [6.07, 6.45) is 4.10. The molecule has 6 nitrogen and oxygen atoms in total. The van der Waals surface area contributed by atoms with Gasteiger partial charge in [0.05, 0.1) is 5.69 Å². The Hall–Kier alpha value is -3.67. The number of nitrogens with one attached hydrogen (secondary N) is 1. The van der Waals surface area contributed by atoms with Crippen molar-refractivity contribution in [2.45, 2.75) is 39.3 Å². The van der Waals surface area contributed by atoms with Crippen LogP contribution in [0.5, 0.6) is 0 Å². The van der Waals surface area contributed by atoms with Gasteiger partial charge in [0.1, 0.15) is 5.82 Å². The standard InChI is InChI=1S/C25H24N4O2/c1-2-29-21-9-8-16(11-20(21)19-4-3-5-22(30)24(19)29)25(31)28-13-15-6-7-17-14-27-23(26)12-18(17)10-15/h6-12,14H,2-5,13H2,1H3,(H2,26,27)(H,28,31). The number of hydrogen-bond donors (Lipinski definition) is 2. The molecule has 1 aliphatic rings. The minimum absolute atomic E-state index is 0.128. The Labute approximate surface area is 180 Å². The van der Waals surface area contributed by atoms with Gasteiger partial charge in [-0.1, -0.05) is 12.1 Å². The van der Waals surface area contributed by atoms with E-state index in [1.54, 1.807) is 6.20 Å². The number of anilines is 1. The summed E-state index contributed by atoms with van der Waals surface area (Å²) in [7, 11) is 0. The van der Waals surface area contributed by atoms with Crippen LogP contribution in [-0.2, 0) is 19.5 Å². The zero-order chi connectivity index (χ0) is 21.5. The van der Waals surface area contributed by atoms with Crippen molar-refractivity contribution in [2.75, 3.05) is 5.73 Å². The molecule has 156 valence electrons. The first kappa shape index (κ1) is 19.3. The van der Waals surface area contributed by atoms with E-state index in [2.05, 4.69) is 21.8 Å². The lowest BCUT2D eigenvalue weighted by molar-refractivity contribution is 0.0947. The molecular formula is C25H24N4O2. The van der Waals surface area contributed by atoms with E-state index in [9.17, 15) is 9.59 Å². The average Bonchev–Trinajstić information content (AvgIpc) is 3.11. The van der Waals surface area contributed by atoms with E-state index in [1.165, 1.54) is 0 Å². The lowest BCUT2D eigenvalue weighted by Gasteiger charge is -2.13. The number of nitrogens with two attached hydrogens (primary N) is 1. The highest BCUT2D eigenvalue weighted by Crippen LogP contribution is 2.33. The van der Waals surface area contributed by atoms with Gasteiger partial charge in [0, 0.05) is 47.6 Å². The Morgan fingerprint density at radius 1 is 1.13 bits per heavy atom. The highest BCUT2D eigenvalue weighted by Gasteiger charge is 2.25. The third kappa shape index (κ3) is 3.34. The summed E-state index contributed by atoms with van der Waals surface area (Å²) in [5, 5.41) is 6.04. The Morgan fingerprint density at radius 3 is 2.84 bits per heavy atom. The molecule has 0 fully saturated rings. The van der Waals surface area contributed by atoms with Gasteiger partial charge in [-0.2, -0.15) is 0 Å². The number of ketones is 1. The number of hydrogen-bond acceptors (Lipinski definition) is 4. The third-order valence-corrected chi connectivity index (χ3v) is 6.10. The van der Waals surface area contributed by atoms with Crippen LogP contribution in [0.3, 0.4) is 0 Å². The van der Waals surface area contributed by atoms with E-state index in [0.717, 1.165) is 57.9 Å². The van der Waals surface area contributed by atoms with Gasteiger partial charge in [-0.05, 0) is 66.6 Å². The summed E-state index contributed by atoms with van der Waals surface area (Å²) in [5.41, 5.74) is 10.3. The Balaban J connectivity index is 1.42. The fourth-order valence-corrected chi connectivity index (χ4v) is 4.61. The number of rotatable bonds is 4. The number of pyridine rings is 1. The van der Waals surface area contributed by atoms with Crippen LogP contribution in [0.1, 0.15) is 51.7 Å². The summed E-state index contributed by atoms with van der Waals surface area (Å²) in [6.45, 7) is 3.21. The number of Topliss-reactive ketones (excluding diaryl/α,β-unsaturated/α-hetero) is 1. The maximum atomic E-state index is 12.9. The molecule has 5 rings (SSSR count). The van der Waals surface area contributed by atoms with Crippen molar-refractivity contribution in [2.24, 2.45) is 0 Å². The quantitative estimate of drug-likeness (QED) is 0.525. The molecule has 0 aliphatic heterocycles. The van der Waals surface area contributed by atoms with Crippen molar-refractivity contribution in [3.05, 3.63) is 71.0 Å². The van der Waals surface area contributed by atoms with Crippen LogP contribution < -0.4 is 11.1 Å². The summed E-state index contributed by atoms with van der Waals surface area (Å²) in [6, 6.07) is 13.5. The first-order valence-corrected chi connectivity index (χ1v) is 10.7.